The summed E-state index contributed by atoms with van der Waals surface area (Å²) in [4.78, 5) is 15.0. The molecule has 6 rings (SSSR count). The standard InChI is InChI=1S/C26H31FN4/c1-30-14-10-22-24(30)8-7-21(29-22)15-19-16-26(11-2-12-26)17-31-23(9-13-28-25(19)31)18-3-5-20(27)6-4-18/h3-8,19,23H,2,9-17H2,1H3. The smallest absolute Gasteiger partial charge is 0.123 e. The van der Waals surface area contributed by atoms with Crippen molar-refractivity contribution in [3.05, 3.63) is 59.2 Å². The number of nitrogens with zero attached hydrogens (tertiary/aromatic N) is 4. The molecule has 2 aromatic rings. The minimum absolute atomic E-state index is 0.159. The second-order valence-electron chi connectivity index (χ2n) is 10.1. The van der Waals surface area contributed by atoms with Gasteiger partial charge in [0, 0.05) is 44.7 Å². The minimum Gasteiger partial charge on any atom is -0.373 e. The molecular formula is C26H31FN4. The number of amidine groups is 1. The molecule has 1 saturated heterocycles. The van der Waals surface area contributed by atoms with Crippen LogP contribution in [0.3, 0.4) is 0 Å². The van der Waals surface area contributed by atoms with Gasteiger partial charge in [-0.1, -0.05) is 18.6 Å². The number of piperidine rings is 1. The number of likely N-dealkylation sites (N-methyl/N-ethyl adjacent to an activating group) is 1. The van der Waals surface area contributed by atoms with Crippen LogP contribution in [0.4, 0.5) is 10.1 Å². The summed E-state index contributed by atoms with van der Waals surface area (Å²) in [5, 5.41) is 0. The minimum atomic E-state index is -0.159. The van der Waals surface area contributed by atoms with Crippen molar-refractivity contribution >= 4 is 11.5 Å². The molecule has 1 aromatic carbocycles. The average molecular weight is 419 g/mol. The Hall–Kier alpha value is -2.43. The van der Waals surface area contributed by atoms with Gasteiger partial charge in [0.2, 0.25) is 0 Å². The van der Waals surface area contributed by atoms with E-state index in [0.29, 0.717) is 17.4 Å². The first kappa shape index (κ1) is 19.3. The van der Waals surface area contributed by atoms with Gasteiger partial charge in [-0.3, -0.25) is 9.98 Å². The SMILES string of the molecule is CN1CCc2nc(CC3CC4(CCC4)CN4C3=NCCC4c3ccc(F)cc3)ccc21. The highest BCUT2D eigenvalue weighted by molar-refractivity contribution is 5.87. The van der Waals surface area contributed by atoms with Gasteiger partial charge in [-0.15, -0.1) is 0 Å². The number of hydrogen-bond acceptors (Lipinski definition) is 4. The normalized spacial score (nSPS) is 26.3. The van der Waals surface area contributed by atoms with Crippen molar-refractivity contribution in [2.45, 2.75) is 51.0 Å². The fraction of sp³-hybridized carbons (Fsp3) is 0.538. The van der Waals surface area contributed by atoms with Gasteiger partial charge >= 0.3 is 0 Å². The van der Waals surface area contributed by atoms with Gasteiger partial charge in [0.15, 0.2) is 0 Å². The summed E-state index contributed by atoms with van der Waals surface area (Å²) in [6, 6.07) is 12.0. The molecule has 31 heavy (non-hydrogen) atoms. The second-order valence-corrected chi connectivity index (χ2v) is 10.1. The molecule has 4 nitrogen and oxygen atoms in total. The zero-order valence-corrected chi connectivity index (χ0v) is 18.4. The van der Waals surface area contributed by atoms with Crippen LogP contribution < -0.4 is 4.90 Å². The largest absolute Gasteiger partial charge is 0.373 e. The van der Waals surface area contributed by atoms with Gasteiger partial charge in [0.25, 0.3) is 0 Å². The molecule has 3 aliphatic heterocycles. The van der Waals surface area contributed by atoms with Crippen LogP contribution in [0.2, 0.25) is 0 Å². The van der Waals surface area contributed by atoms with Gasteiger partial charge in [-0.2, -0.15) is 0 Å². The highest BCUT2D eigenvalue weighted by atomic mass is 19.1. The van der Waals surface area contributed by atoms with Crippen LogP contribution >= 0.6 is 0 Å². The Kier molecular flexibility index (Phi) is 4.55. The van der Waals surface area contributed by atoms with Crippen molar-refractivity contribution in [1.29, 1.82) is 0 Å². The van der Waals surface area contributed by atoms with Crippen molar-refractivity contribution in [2.75, 3.05) is 31.6 Å². The topological polar surface area (TPSA) is 31.7 Å². The molecule has 2 fully saturated rings. The molecule has 5 heteroatoms. The van der Waals surface area contributed by atoms with Crippen LogP contribution in [0, 0.1) is 17.2 Å². The number of fused-ring (bicyclic) bond motifs is 2. The number of aliphatic imine (C=N–C) groups is 1. The lowest BCUT2D eigenvalue weighted by molar-refractivity contribution is 0.0290. The van der Waals surface area contributed by atoms with E-state index < -0.39 is 0 Å². The number of aromatic nitrogens is 1. The first-order chi connectivity index (χ1) is 15.1. The highest BCUT2D eigenvalue weighted by Gasteiger charge is 2.48. The van der Waals surface area contributed by atoms with Gasteiger partial charge < -0.3 is 9.80 Å². The van der Waals surface area contributed by atoms with E-state index in [2.05, 4.69) is 29.0 Å². The third kappa shape index (κ3) is 3.33. The first-order valence-electron chi connectivity index (χ1n) is 11.9. The average Bonchev–Trinajstić information content (AvgIpc) is 3.13. The van der Waals surface area contributed by atoms with Gasteiger partial charge in [-0.05, 0) is 67.3 Å². The summed E-state index contributed by atoms with van der Waals surface area (Å²) >= 11 is 0. The fourth-order valence-electron chi connectivity index (χ4n) is 6.37. The van der Waals surface area contributed by atoms with Crippen LogP contribution in [0.5, 0.6) is 0 Å². The van der Waals surface area contributed by atoms with Crippen LogP contribution in [0.1, 0.15) is 55.1 Å². The molecule has 2 atom stereocenters. The summed E-state index contributed by atoms with van der Waals surface area (Å²) in [5.41, 5.74) is 5.40. The summed E-state index contributed by atoms with van der Waals surface area (Å²) in [6.07, 6.45) is 8.27. The number of pyridine rings is 1. The van der Waals surface area contributed by atoms with E-state index in [1.165, 1.54) is 54.2 Å². The molecule has 1 saturated carbocycles. The van der Waals surface area contributed by atoms with E-state index in [4.69, 9.17) is 9.98 Å². The molecule has 0 bridgehead atoms. The number of anilines is 1. The zero-order chi connectivity index (χ0) is 21.0. The molecule has 0 amide bonds. The fourth-order valence-corrected chi connectivity index (χ4v) is 6.37. The Bertz CT molecular complexity index is 1010. The Morgan fingerprint density at radius 3 is 2.74 bits per heavy atom. The quantitative estimate of drug-likeness (QED) is 0.718. The monoisotopic (exact) mass is 418 g/mol. The molecule has 4 aliphatic rings. The number of rotatable bonds is 3. The van der Waals surface area contributed by atoms with E-state index in [0.717, 1.165) is 38.9 Å². The summed E-state index contributed by atoms with van der Waals surface area (Å²) in [5.74, 6) is 1.55. The van der Waals surface area contributed by atoms with Crippen LogP contribution in [0.25, 0.3) is 0 Å². The first-order valence-corrected chi connectivity index (χ1v) is 11.9. The Labute approximate surface area is 184 Å². The Morgan fingerprint density at radius 2 is 1.97 bits per heavy atom. The molecule has 1 spiro atoms. The predicted molar refractivity (Wildman–Crippen MR) is 122 cm³/mol. The second kappa shape index (κ2) is 7.32. The lowest BCUT2D eigenvalue weighted by Gasteiger charge is -2.55. The van der Waals surface area contributed by atoms with Gasteiger partial charge in [0.1, 0.15) is 11.7 Å². The molecular weight excluding hydrogens is 387 g/mol. The van der Waals surface area contributed by atoms with Crippen LogP contribution in [0.15, 0.2) is 41.4 Å². The molecule has 4 heterocycles. The van der Waals surface area contributed by atoms with Crippen molar-refractivity contribution in [2.24, 2.45) is 16.3 Å². The number of halogens is 1. The van der Waals surface area contributed by atoms with E-state index in [1.807, 2.05) is 12.1 Å². The van der Waals surface area contributed by atoms with E-state index in [1.54, 1.807) is 12.1 Å². The Morgan fingerprint density at radius 1 is 1.13 bits per heavy atom. The maximum absolute atomic E-state index is 13.5. The maximum Gasteiger partial charge on any atom is 0.123 e. The van der Waals surface area contributed by atoms with Gasteiger partial charge in [0.05, 0.1) is 17.4 Å². The molecule has 0 radical (unpaired) electrons. The summed E-state index contributed by atoms with van der Waals surface area (Å²) in [6.45, 7) is 3.03. The highest BCUT2D eigenvalue weighted by Crippen LogP contribution is 2.52. The van der Waals surface area contributed by atoms with E-state index in [-0.39, 0.29) is 5.82 Å². The van der Waals surface area contributed by atoms with E-state index in [9.17, 15) is 4.39 Å². The third-order valence-corrected chi connectivity index (χ3v) is 8.12. The molecule has 1 aromatic heterocycles. The van der Waals surface area contributed by atoms with Crippen molar-refractivity contribution in [3.8, 4) is 0 Å². The number of benzene rings is 1. The molecule has 2 unspecified atom stereocenters. The lowest BCUT2D eigenvalue weighted by atomic mass is 9.61. The molecule has 1 aliphatic carbocycles. The van der Waals surface area contributed by atoms with Crippen molar-refractivity contribution in [3.63, 3.8) is 0 Å². The lowest BCUT2D eigenvalue weighted by Crippen LogP contribution is -2.56. The summed E-state index contributed by atoms with van der Waals surface area (Å²) < 4.78 is 13.5. The summed E-state index contributed by atoms with van der Waals surface area (Å²) in [7, 11) is 2.15. The van der Waals surface area contributed by atoms with E-state index >= 15 is 0 Å². The van der Waals surface area contributed by atoms with Crippen molar-refractivity contribution in [1.82, 2.24) is 9.88 Å². The number of hydrogen-bond donors (Lipinski definition) is 0. The molecule has 162 valence electrons. The van der Waals surface area contributed by atoms with Crippen LogP contribution in [-0.4, -0.2) is 42.4 Å². The molecule has 0 N–H and O–H groups in total. The maximum atomic E-state index is 13.5. The Balaban J connectivity index is 1.31. The van der Waals surface area contributed by atoms with Crippen LogP contribution in [-0.2, 0) is 12.8 Å². The third-order valence-electron chi connectivity index (χ3n) is 8.12. The zero-order valence-electron chi connectivity index (χ0n) is 18.4. The predicted octanol–water partition coefficient (Wildman–Crippen LogP) is 4.79. The van der Waals surface area contributed by atoms with Gasteiger partial charge in [-0.25, -0.2) is 4.39 Å². The van der Waals surface area contributed by atoms with Crippen molar-refractivity contribution < 1.29 is 4.39 Å².